The minimum atomic E-state index is -0.390. The van der Waals surface area contributed by atoms with E-state index in [4.69, 9.17) is 4.74 Å². The summed E-state index contributed by atoms with van der Waals surface area (Å²) in [5.41, 5.74) is 0.324. The Balaban J connectivity index is 1.89. The quantitative estimate of drug-likeness (QED) is 0.773. The van der Waals surface area contributed by atoms with Crippen LogP contribution >= 0.6 is 0 Å². The molecule has 3 rings (SSSR count). The van der Waals surface area contributed by atoms with Crippen LogP contribution in [0.25, 0.3) is 11.1 Å². The van der Waals surface area contributed by atoms with Crippen molar-refractivity contribution in [1.82, 2.24) is 9.97 Å². The first-order chi connectivity index (χ1) is 10.2. The number of H-pyrrole nitrogens is 1. The van der Waals surface area contributed by atoms with E-state index in [1.54, 1.807) is 24.3 Å². The van der Waals surface area contributed by atoms with Crippen LogP contribution in [-0.2, 0) is 0 Å². The lowest BCUT2D eigenvalue weighted by molar-refractivity contribution is 0.453. The minimum absolute atomic E-state index is 0.142. The number of hydrogen-bond donors (Lipinski definition) is 2. The number of benzene rings is 2. The maximum atomic E-state index is 11.7. The Kier molecular flexibility index (Phi) is 3.39. The molecule has 2 N–H and O–H groups in total. The van der Waals surface area contributed by atoms with Gasteiger partial charge in [0.1, 0.15) is 17.1 Å². The second kappa shape index (κ2) is 5.50. The summed E-state index contributed by atoms with van der Waals surface area (Å²) in [7, 11) is 0. The molecule has 0 saturated heterocycles. The number of rotatable bonds is 3. The molecule has 0 aliphatic heterocycles. The van der Waals surface area contributed by atoms with Crippen LogP contribution in [0.2, 0.25) is 0 Å². The van der Waals surface area contributed by atoms with Crippen LogP contribution in [0.1, 0.15) is 0 Å². The number of ether oxygens (including phenoxy) is 1. The van der Waals surface area contributed by atoms with Gasteiger partial charge in [-0.3, -0.25) is 4.79 Å². The smallest absolute Gasteiger partial charge is 0.262 e. The molecule has 3 aromatic rings. The molecule has 0 unspecified atom stereocenters. The van der Waals surface area contributed by atoms with E-state index >= 15 is 0 Å². The summed E-state index contributed by atoms with van der Waals surface area (Å²) in [6.07, 6.45) is 1.16. The number of nitrogens with one attached hydrogen (secondary N) is 1. The van der Waals surface area contributed by atoms with Crippen molar-refractivity contribution < 1.29 is 9.84 Å². The van der Waals surface area contributed by atoms with Crippen LogP contribution in [-0.4, -0.2) is 15.1 Å². The van der Waals surface area contributed by atoms with Crippen molar-refractivity contribution in [2.45, 2.75) is 0 Å². The van der Waals surface area contributed by atoms with Crippen LogP contribution in [0.15, 0.2) is 65.7 Å². The molecule has 5 heteroatoms. The first-order valence-corrected chi connectivity index (χ1v) is 6.34. The molecule has 0 fully saturated rings. The van der Waals surface area contributed by atoms with Crippen molar-refractivity contribution in [2.24, 2.45) is 0 Å². The molecule has 0 aliphatic rings. The third-order valence-electron chi connectivity index (χ3n) is 2.96. The Morgan fingerprint density at radius 2 is 1.62 bits per heavy atom. The fraction of sp³-hybridized carbons (Fsp3) is 0. The number of aromatic amines is 1. The molecule has 0 spiro atoms. The average Bonchev–Trinajstić information content (AvgIpc) is 2.50. The summed E-state index contributed by atoms with van der Waals surface area (Å²) in [4.78, 5) is 17.8. The Morgan fingerprint density at radius 3 is 2.29 bits per heavy atom. The van der Waals surface area contributed by atoms with Gasteiger partial charge in [-0.15, -0.1) is 0 Å². The van der Waals surface area contributed by atoms with Crippen LogP contribution in [0.4, 0.5) is 0 Å². The number of hydrogen-bond acceptors (Lipinski definition) is 4. The number of para-hydroxylation sites is 1. The lowest BCUT2D eigenvalue weighted by atomic mass is 10.1. The molecular formula is C16H12N2O3. The lowest BCUT2D eigenvalue weighted by Gasteiger charge is -2.07. The molecular weight excluding hydrogens is 268 g/mol. The van der Waals surface area contributed by atoms with Gasteiger partial charge in [0.05, 0.1) is 6.33 Å². The Hall–Kier alpha value is -3.08. The highest BCUT2D eigenvalue weighted by Crippen LogP contribution is 2.27. The summed E-state index contributed by atoms with van der Waals surface area (Å²) in [6.45, 7) is 0. The fourth-order valence-electron chi connectivity index (χ4n) is 1.96. The summed E-state index contributed by atoms with van der Waals surface area (Å²) in [6, 6.07) is 16.2. The lowest BCUT2D eigenvalue weighted by Crippen LogP contribution is -2.09. The minimum Gasteiger partial charge on any atom is -0.493 e. The number of aromatic nitrogens is 2. The number of nitrogens with zero attached hydrogens (tertiary/aromatic N) is 1. The highest BCUT2D eigenvalue weighted by atomic mass is 16.5. The van der Waals surface area contributed by atoms with Gasteiger partial charge in [0.2, 0.25) is 5.88 Å². The van der Waals surface area contributed by atoms with Crippen molar-refractivity contribution in [1.29, 1.82) is 0 Å². The normalized spacial score (nSPS) is 10.3. The maximum Gasteiger partial charge on any atom is 0.262 e. The molecule has 0 amide bonds. The summed E-state index contributed by atoms with van der Waals surface area (Å²) >= 11 is 0. The first kappa shape index (κ1) is 12.9. The molecule has 0 atom stereocenters. The van der Waals surface area contributed by atoms with Crippen molar-refractivity contribution >= 4 is 0 Å². The van der Waals surface area contributed by atoms with E-state index in [0.717, 1.165) is 12.1 Å². The molecule has 104 valence electrons. The van der Waals surface area contributed by atoms with Crippen LogP contribution in [0.5, 0.6) is 17.4 Å². The molecule has 0 bridgehead atoms. The van der Waals surface area contributed by atoms with Gasteiger partial charge >= 0.3 is 0 Å². The van der Waals surface area contributed by atoms with Crippen LogP contribution < -0.4 is 10.3 Å². The average molecular weight is 280 g/mol. The van der Waals surface area contributed by atoms with E-state index in [1.165, 1.54) is 0 Å². The number of aromatic hydroxyl groups is 1. The van der Waals surface area contributed by atoms with Gasteiger partial charge in [-0.05, 0) is 29.8 Å². The molecule has 0 aliphatic carbocycles. The SMILES string of the molecule is O=c1[nH]cnc(O)c1-c1ccc(Oc2ccccc2)cc1. The predicted molar refractivity (Wildman–Crippen MR) is 78.5 cm³/mol. The molecule has 2 aromatic carbocycles. The van der Waals surface area contributed by atoms with E-state index in [-0.39, 0.29) is 17.0 Å². The Morgan fingerprint density at radius 1 is 0.952 bits per heavy atom. The van der Waals surface area contributed by atoms with Gasteiger partial charge in [-0.1, -0.05) is 30.3 Å². The van der Waals surface area contributed by atoms with Gasteiger partial charge in [0, 0.05) is 0 Å². The first-order valence-electron chi connectivity index (χ1n) is 6.34. The monoisotopic (exact) mass is 280 g/mol. The van der Waals surface area contributed by atoms with Crippen LogP contribution in [0.3, 0.4) is 0 Å². The Bertz CT molecular complexity index is 796. The summed E-state index contributed by atoms with van der Waals surface area (Å²) in [5, 5.41) is 9.69. The second-order valence-electron chi connectivity index (χ2n) is 4.37. The standard InChI is InChI=1S/C16H12N2O3/c19-15-14(16(20)18-10-17-15)11-6-8-13(9-7-11)21-12-4-2-1-3-5-12/h1-10H,(H2,17,18,19,20). The topological polar surface area (TPSA) is 75.2 Å². The van der Waals surface area contributed by atoms with E-state index < -0.39 is 0 Å². The molecule has 0 saturated carbocycles. The van der Waals surface area contributed by atoms with Gasteiger partial charge < -0.3 is 14.8 Å². The Labute approximate surface area is 120 Å². The van der Waals surface area contributed by atoms with E-state index in [2.05, 4.69) is 9.97 Å². The molecule has 1 aromatic heterocycles. The molecule has 0 radical (unpaired) electrons. The largest absolute Gasteiger partial charge is 0.493 e. The summed E-state index contributed by atoms with van der Waals surface area (Å²) in [5.74, 6) is 1.08. The zero-order valence-electron chi connectivity index (χ0n) is 11.0. The van der Waals surface area contributed by atoms with Crippen molar-refractivity contribution in [2.75, 3.05) is 0 Å². The third-order valence-corrected chi connectivity index (χ3v) is 2.96. The second-order valence-corrected chi connectivity index (χ2v) is 4.37. The highest BCUT2D eigenvalue weighted by molar-refractivity contribution is 5.67. The molecule has 1 heterocycles. The van der Waals surface area contributed by atoms with E-state index in [1.807, 2.05) is 30.3 Å². The van der Waals surface area contributed by atoms with Gasteiger partial charge in [0.15, 0.2) is 0 Å². The third kappa shape index (κ3) is 2.76. The zero-order valence-corrected chi connectivity index (χ0v) is 11.0. The van der Waals surface area contributed by atoms with Crippen molar-refractivity contribution in [3.05, 3.63) is 71.3 Å². The van der Waals surface area contributed by atoms with E-state index in [9.17, 15) is 9.90 Å². The molecule has 5 nitrogen and oxygen atoms in total. The van der Waals surface area contributed by atoms with E-state index in [0.29, 0.717) is 11.3 Å². The van der Waals surface area contributed by atoms with Crippen molar-refractivity contribution in [3.8, 4) is 28.5 Å². The molecule has 21 heavy (non-hydrogen) atoms. The van der Waals surface area contributed by atoms with Crippen LogP contribution in [0, 0.1) is 0 Å². The van der Waals surface area contributed by atoms with Crippen molar-refractivity contribution in [3.63, 3.8) is 0 Å². The van der Waals surface area contributed by atoms with Gasteiger partial charge in [0.25, 0.3) is 5.56 Å². The highest BCUT2D eigenvalue weighted by Gasteiger charge is 2.10. The zero-order chi connectivity index (χ0) is 14.7. The maximum absolute atomic E-state index is 11.7. The van der Waals surface area contributed by atoms with Gasteiger partial charge in [-0.25, -0.2) is 4.98 Å². The fourth-order valence-corrected chi connectivity index (χ4v) is 1.96. The van der Waals surface area contributed by atoms with Gasteiger partial charge in [-0.2, -0.15) is 0 Å². The summed E-state index contributed by atoms with van der Waals surface area (Å²) < 4.78 is 5.67. The predicted octanol–water partition coefficient (Wildman–Crippen LogP) is 2.93.